The fourth-order valence-corrected chi connectivity index (χ4v) is 3.39. The molecule has 1 atom stereocenters. The number of hydrogen-bond acceptors (Lipinski definition) is 4. The SMILES string of the molecule is Cn1nc(-c2ccccc2)cc1C(=O)NCCN1CCCC[C@H]1CO. The van der Waals surface area contributed by atoms with E-state index in [1.165, 1.54) is 6.42 Å². The second kappa shape index (κ2) is 8.27. The number of aliphatic hydroxyl groups excluding tert-OH is 1. The summed E-state index contributed by atoms with van der Waals surface area (Å²) in [4.78, 5) is 14.7. The van der Waals surface area contributed by atoms with Crippen LogP contribution in [-0.2, 0) is 7.05 Å². The molecule has 1 saturated heterocycles. The number of aryl methyl sites for hydroxylation is 1. The van der Waals surface area contributed by atoms with E-state index in [-0.39, 0.29) is 18.6 Å². The molecule has 0 spiro atoms. The van der Waals surface area contributed by atoms with Crippen molar-refractivity contribution in [1.29, 1.82) is 0 Å². The summed E-state index contributed by atoms with van der Waals surface area (Å²) in [5, 5.41) is 16.9. The summed E-state index contributed by atoms with van der Waals surface area (Å²) in [7, 11) is 1.79. The zero-order chi connectivity index (χ0) is 17.6. The molecule has 2 heterocycles. The Labute approximate surface area is 148 Å². The van der Waals surface area contributed by atoms with Crippen molar-refractivity contribution in [1.82, 2.24) is 20.0 Å². The van der Waals surface area contributed by atoms with Crippen molar-refractivity contribution < 1.29 is 9.90 Å². The molecule has 1 amide bonds. The van der Waals surface area contributed by atoms with Crippen LogP contribution in [0.3, 0.4) is 0 Å². The quantitative estimate of drug-likeness (QED) is 0.838. The lowest BCUT2D eigenvalue weighted by molar-refractivity contribution is 0.0844. The molecule has 25 heavy (non-hydrogen) atoms. The van der Waals surface area contributed by atoms with Gasteiger partial charge in [-0.1, -0.05) is 36.8 Å². The first-order valence-corrected chi connectivity index (χ1v) is 8.91. The Hall–Kier alpha value is -2.18. The van der Waals surface area contributed by atoms with Gasteiger partial charge < -0.3 is 10.4 Å². The molecule has 6 nitrogen and oxygen atoms in total. The number of nitrogens with one attached hydrogen (secondary N) is 1. The summed E-state index contributed by atoms with van der Waals surface area (Å²) in [5.74, 6) is -0.116. The summed E-state index contributed by atoms with van der Waals surface area (Å²) < 4.78 is 1.62. The second-order valence-corrected chi connectivity index (χ2v) is 6.53. The summed E-state index contributed by atoms with van der Waals surface area (Å²) in [6.07, 6.45) is 3.37. The number of piperidine rings is 1. The van der Waals surface area contributed by atoms with Crippen LogP contribution in [0.1, 0.15) is 29.8 Å². The third-order valence-electron chi connectivity index (χ3n) is 4.83. The van der Waals surface area contributed by atoms with Crippen molar-refractivity contribution >= 4 is 5.91 Å². The average molecular weight is 342 g/mol. The maximum Gasteiger partial charge on any atom is 0.269 e. The Morgan fingerprint density at radius 2 is 2.12 bits per heavy atom. The Bertz CT molecular complexity index is 699. The van der Waals surface area contributed by atoms with Gasteiger partial charge in [-0.2, -0.15) is 5.10 Å². The number of aliphatic hydroxyl groups is 1. The van der Waals surface area contributed by atoms with E-state index in [2.05, 4.69) is 15.3 Å². The molecule has 1 aliphatic rings. The van der Waals surface area contributed by atoms with Crippen molar-refractivity contribution in [2.75, 3.05) is 26.2 Å². The van der Waals surface area contributed by atoms with Crippen molar-refractivity contribution in [3.05, 3.63) is 42.1 Å². The van der Waals surface area contributed by atoms with E-state index in [4.69, 9.17) is 0 Å². The lowest BCUT2D eigenvalue weighted by Gasteiger charge is -2.34. The molecule has 0 bridgehead atoms. The number of rotatable bonds is 6. The van der Waals surface area contributed by atoms with Crippen LogP contribution >= 0.6 is 0 Å². The van der Waals surface area contributed by atoms with Gasteiger partial charge in [-0.15, -0.1) is 0 Å². The minimum absolute atomic E-state index is 0.116. The average Bonchev–Trinajstić information content (AvgIpc) is 3.04. The van der Waals surface area contributed by atoms with Crippen LogP contribution in [0.25, 0.3) is 11.3 Å². The predicted octanol–water partition coefficient (Wildman–Crippen LogP) is 1.66. The summed E-state index contributed by atoms with van der Waals surface area (Å²) in [6, 6.07) is 11.9. The zero-order valence-corrected chi connectivity index (χ0v) is 14.7. The van der Waals surface area contributed by atoms with E-state index in [1.54, 1.807) is 11.7 Å². The number of hydrogen-bond donors (Lipinski definition) is 2. The van der Waals surface area contributed by atoms with Crippen molar-refractivity contribution in [3.63, 3.8) is 0 Å². The van der Waals surface area contributed by atoms with Gasteiger partial charge in [0.15, 0.2) is 0 Å². The molecule has 2 N–H and O–H groups in total. The Morgan fingerprint density at radius 1 is 1.32 bits per heavy atom. The third-order valence-corrected chi connectivity index (χ3v) is 4.83. The molecule has 1 aliphatic heterocycles. The van der Waals surface area contributed by atoms with E-state index in [0.717, 1.165) is 37.2 Å². The molecular weight excluding hydrogens is 316 g/mol. The third kappa shape index (κ3) is 4.27. The van der Waals surface area contributed by atoms with Crippen LogP contribution in [0.5, 0.6) is 0 Å². The molecule has 3 rings (SSSR count). The van der Waals surface area contributed by atoms with Gasteiger partial charge in [0, 0.05) is 31.7 Å². The highest BCUT2D eigenvalue weighted by Crippen LogP contribution is 2.18. The van der Waals surface area contributed by atoms with Crippen molar-refractivity contribution in [2.45, 2.75) is 25.3 Å². The van der Waals surface area contributed by atoms with E-state index >= 15 is 0 Å². The Morgan fingerprint density at radius 3 is 2.88 bits per heavy atom. The fourth-order valence-electron chi connectivity index (χ4n) is 3.39. The van der Waals surface area contributed by atoms with E-state index < -0.39 is 0 Å². The molecule has 1 aromatic heterocycles. The Kier molecular flexibility index (Phi) is 5.83. The number of carbonyl (C=O) groups is 1. The van der Waals surface area contributed by atoms with Crippen LogP contribution in [0.15, 0.2) is 36.4 Å². The van der Waals surface area contributed by atoms with E-state index in [9.17, 15) is 9.90 Å². The van der Waals surface area contributed by atoms with Gasteiger partial charge in [-0.3, -0.25) is 14.4 Å². The first kappa shape index (κ1) is 17.6. The smallest absolute Gasteiger partial charge is 0.269 e. The lowest BCUT2D eigenvalue weighted by Crippen LogP contribution is -2.45. The second-order valence-electron chi connectivity index (χ2n) is 6.53. The van der Waals surface area contributed by atoms with Gasteiger partial charge >= 0.3 is 0 Å². The van der Waals surface area contributed by atoms with Crippen LogP contribution in [-0.4, -0.2) is 58.0 Å². The largest absolute Gasteiger partial charge is 0.395 e. The van der Waals surface area contributed by atoms with Gasteiger partial charge in [-0.05, 0) is 25.5 Å². The highest BCUT2D eigenvalue weighted by molar-refractivity contribution is 5.93. The number of benzene rings is 1. The molecule has 0 aliphatic carbocycles. The molecule has 0 unspecified atom stereocenters. The molecular formula is C19H26N4O2. The number of nitrogens with zero attached hydrogens (tertiary/aromatic N) is 3. The van der Waals surface area contributed by atoms with Crippen LogP contribution < -0.4 is 5.32 Å². The first-order chi connectivity index (χ1) is 12.2. The van der Waals surface area contributed by atoms with Crippen molar-refractivity contribution in [3.8, 4) is 11.3 Å². The van der Waals surface area contributed by atoms with E-state index in [0.29, 0.717) is 12.2 Å². The molecule has 1 aromatic carbocycles. The number of aromatic nitrogens is 2. The predicted molar refractivity (Wildman–Crippen MR) is 97.3 cm³/mol. The number of amides is 1. The first-order valence-electron chi connectivity index (χ1n) is 8.91. The molecule has 134 valence electrons. The van der Waals surface area contributed by atoms with Gasteiger partial charge in [0.2, 0.25) is 0 Å². The minimum atomic E-state index is -0.116. The van der Waals surface area contributed by atoms with Gasteiger partial charge in [0.1, 0.15) is 5.69 Å². The fraction of sp³-hybridized carbons (Fsp3) is 0.474. The zero-order valence-electron chi connectivity index (χ0n) is 14.7. The highest BCUT2D eigenvalue weighted by atomic mass is 16.3. The number of carbonyl (C=O) groups excluding carboxylic acids is 1. The van der Waals surface area contributed by atoms with Gasteiger partial charge in [-0.25, -0.2) is 0 Å². The van der Waals surface area contributed by atoms with Crippen LogP contribution in [0.2, 0.25) is 0 Å². The monoisotopic (exact) mass is 342 g/mol. The van der Waals surface area contributed by atoms with E-state index in [1.807, 2.05) is 36.4 Å². The maximum absolute atomic E-state index is 12.5. The lowest BCUT2D eigenvalue weighted by atomic mass is 10.0. The maximum atomic E-state index is 12.5. The summed E-state index contributed by atoms with van der Waals surface area (Å²) >= 11 is 0. The topological polar surface area (TPSA) is 70.4 Å². The molecule has 6 heteroatoms. The summed E-state index contributed by atoms with van der Waals surface area (Å²) in [5.41, 5.74) is 2.34. The number of likely N-dealkylation sites (tertiary alicyclic amines) is 1. The van der Waals surface area contributed by atoms with Crippen molar-refractivity contribution in [2.24, 2.45) is 7.05 Å². The van der Waals surface area contributed by atoms with Crippen LogP contribution in [0, 0.1) is 0 Å². The van der Waals surface area contributed by atoms with Crippen LogP contribution in [0.4, 0.5) is 0 Å². The molecule has 1 fully saturated rings. The standard InChI is InChI=1S/C19H26N4O2/c1-22-18(13-17(21-22)15-7-3-2-4-8-15)19(25)20-10-12-23-11-6-5-9-16(23)14-24/h2-4,7-8,13,16,24H,5-6,9-12,14H2,1H3,(H,20,25)/t16-/m0/s1. The molecule has 0 saturated carbocycles. The molecule has 0 radical (unpaired) electrons. The van der Waals surface area contributed by atoms with Gasteiger partial charge in [0.25, 0.3) is 5.91 Å². The Balaban J connectivity index is 1.57. The normalized spacial score (nSPS) is 18.2. The molecule has 2 aromatic rings. The summed E-state index contributed by atoms with van der Waals surface area (Å²) in [6.45, 7) is 2.52. The van der Waals surface area contributed by atoms with Gasteiger partial charge in [0.05, 0.1) is 12.3 Å². The minimum Gasteiger partial charge on any atom is -0.395 e. The highest BCUT2D eigenvalue weighted by Gasteiger charge is 2.21.